The van der Waals surface area contributed by atoms with E-state index in [1.165, 1.54) is 12.1 Å². The fraction of sp³-hybridized carbons (Fsp3) is 0.432. The smallest absolute Gasteiger partial charge is 0.337 e. The van der Waals surface area contributed by atoms with Gasteiger partial charge in [-0.3, -0.25) is 4.98 Å². The molecule has 8 nitrogen and oxygen atoms in total. The number of anilines is 1. The fourth-order valence-electron chi connectivity index (χ4n) is 5.92. The number of imidazole rings is 1. The van der Waals surface area contributed by atoms with Gasteiger partial charge in [0.05, 0.1) is 24.2 Å². The summed E-state index contributed by atoms with van der Waals surface area (Å²) in [7, 11) is 1.92. The third-order valence-corrected chi connectivity index (χ3v) is 8.45. The molecule has 0 amide bonds. The molecule has 0 aliphatic carbocycles. The Morgan fingerprint density at radius 1 is 1.07 bits per heavy atom. The van der Waals surface area contributed by atoms with Crippen LogP contribution >= 0.6 is 0 Å². The summed E-state index contributed by atoms with van der Waals surface area (Å²) in [6.45, 7) is 14.0. The van der Waals surface area contributed by atoms with Crippen LogP contribution in [0.25, 0.3) is 22.5 Å². The molecule has 1 aliphatic rings. The SMILES string of the molecule is Cc1nc(-c2cn(C)cn2)c(-c2ccc(OCCc3ccc(F)cc3)cc2)c(N2CCC(C)(C)CC2)c1C(OC(C)(C)C)C(=O)O. The van der Waals surface area contributed by atoms with Crippen LogP contribution in [0.3, 0.4) is 0 Å². The van der Waals surface area contributed by atoms with Gasteiger partial charge in [0, 0.05) is 49.6 Å². The lowest BCUT2D eigenvalue weighted by molar-refractivity contribution is -0.160. The largest absolute Gasteiger partial charge is 0.493 e. The Hall–Kier alpha value is -4.24. The van der Waals surface area contributed by atoms with Crippen molar-refractivity contribution in [2.75, 3.05) is 24.6 Å². The van der Waals surface area contributed by atoms with Crippen molar-refractivity contribution in [2.45, 2.75) is 72.5 Å². The lowest BCUT2D eigenvalue weighted by atomic mass is 9.81. The maximum absolute atomic E-state index is 13.3. The van der Waals surface area contributed by atoms with Gasteiger partial charge in [0.1, 0.15) is 23.0 Å². The number of aryl methyl sites for hydroxylation is 2. The Bertz CT molecular complexity index is 1660. The Morgan fingerprint density at radius 2 is 1.72 bits per heavy atom. The van der Waals surface area contributed by atoms with E-state index in [0.717, 1.165) is 48.3 Å². The number of pyridine rings is 1. The number of carboxylic acids is 1. The van der Waals surface area contributed by atoms with Gasteiger partial charge < -0.3 is 24.0 Å². The number of aliphatic carboxylic acids is 1. The first-order chi connectivity index (χ1) is 21.7. The van der Waals surface area contributed by atoms with Crippen LogP contribution in [0.5, 0.6) is 5.75 Å². The molecule has 2 aromatic carbocycles. The summed E-state index contributed by atoms with van der Waals surface area (Å²) in [5, 5.41) is 10.6. The van der Waals surface area contributed by atoms with Crippen LogP contribution in [0.2, 0.25) is 0 Å². The van der Waals surface area contributed by atoms with E-state index in [1.54, 1.807) is 18.5 Å². The molecule has 0 radical (unpaired) electrons. The van der Waals surface area contributed by atoms with Crippen molar-refractivity contribution in [3.63, 3.8) is 0 Å². The highest BCUT2D eigenvalue weighted by molar-refractivity contribution is 5.94. The second kappa shape index (κ2) is 13.2. The first-order valence-electron chi connectivity index (χ1n) is 15.9. The molecule has 1 atom stereocenters. The van der Waals surface area contributed by atoms with Gasteiger partial charge in [-0.25, -0.2) is 14.2 Å². The van der Waals surface area contributed by atoms with Crippen molar-refractivity contribution in [1.29, 1.82) is 0 Å². The summed E-state index contributed by atoms with van der Waals surface area (Å²) < 4.78 is 27.5. The summed E-state index contributed by atoms with van der Waals surface area (Å²) in [6, 6.07) is 14.3. The summed E-state index contributed by atoms with van der Waals surface area (Å²) in [5.41, 5.74) is 5.55. The summed E-state index contributed by atoms with van der Waals surface area (Å²) in [6.07, 6.45) is 5.03. The van der Waals surface area contributed by atoms with E-state index < -0.39 is 17.7 Å². The first-order valence-corrected chi connectivity index (χ1v) is 15.9. The zero-order chi connectivity index (χ0) is 33.2. The zero-order valence-electron chi connectivity index (χ0n) is 27.9. The van der Waals surface area contributed by atoms with E-state index in [2.05, 4.69) is 23.7 Å². The van der Waals surface area contributed by atoms with Gasteiger partial charge >= 0.3 is 5.97 Å². The van der Waals surface area contributed by atoms with Crippen molar-refractivity contribution in [1.82, 2.24) is 14.5 Å². The van der Waals surface area contributed by atoms with Crippen LogP contribution in [-0.4, -0.2) is 50.9 Å². The number of carboxylic acid groups (broad SMARTS) is 1. The first kappa shape index (κ1) is 33.1. The standard InChI is InChI=1S/C37H45FN4O4/c1-24-30(34(35(43)44)46-36(2,3)4)33(42-19-17-37(5,6)18-20-42)31(32(40-24)29-22-41(7)23-39-29)26-10-14-28(15-11-26)45-21-16-25-8-12-27(38)13-9-25/h8-15,22-23,34H,16-21H2,1-7H3,(H,43,44). The maximum atomic E-state index is 13.3. The fourth-order valence-corrected chi connectivity index (χ4v) is 5.92. The predicted octanol–water partition coefficient (Wildman–Crippen LogP) is 7.79. The van der Waals surface area contributed by atoms with E-state index in [9.17, 15) is 14.3 Å². The van der Waals surface area contributed by atoms with Crippen molar-refractivity contribution < 1.29 is 23.8 Å². The third kappa shape index (κ3) is 7.76. The Labute approximate surface area is 271 Å². The molecule has 4 aromatic rings. The Balaban J connectivity index is 1.63. The van der Waals surface area contributed by atoms with E-state index in [0.29, 0.717) is 41.4 Å². The summed E-state index contributed by atoms with van der Waals surface area (Å²) in [5.74, 6) is -0.613. The number of ether oxygens (including phenoxy) is 2. The van der Waals surface area contributed by atoms with Gasteiger partial charge in [-0.2, -0.15) is 0 Å². The molecule has 0 saturated carbocycles. The number of halogens is 1. The molecule has 2 aromatic heterocycles. The normalized spacial score (nSPS) is 15.5. The lowest BCUT2D eigenvalue weighted by Gasteiger charge is -2.41. The van der Waals surface area contributed by atoms with Gasteiger partial charge in [-0.05, 0) is 81.3 Å². The molecule has 5 rings (SSSR count). The van der Waals surface area contributed by atoms with Crippen molar-refractivity contribution in [3.8, 4) is 28.3 Å². The zero-order valence-corrected chi connectivity index (χ0v) is 27.9. The number of aromatic nitrogens is 3. The minimum absolute atomic E-state index is 0.184. The van der Waals surface area contributed by atoms with Gasteiger partial charge in [0.25, 0.3) is 0 Å². The molecule has 46 heavy (non-hydrogen) atoms. The van der Waals surface area contributed by atoms with E-state index in [-0.39, 0.29) is 11.2 Å². The highest BCUT2D eigenvalue weighted by Crippen LogP contribution is 2.47. The summed E-state index contributed by atoms with van der Waals surface area (Å²) in [4.78, 5) is 25.0. The van der Waals surface area contributed by atoms with Gasteiger partial charge in [0.2, 0.25) is 0 Å². The molecule has 1 unspecified atom stereocenters. The average Bonchev–Trinajstić information content (AvgIpc) is 3.42. The van der Waals surface area contributed by atoms with Crippen LogP contribution in [0, 0.1) is 18.2 Å². The van der Waals surface area contributed by atoms with Gasteiger partial charge in [-0.15, -0.1) is 0 Å². The van der Waals surface area contributed by atoms with Crippen molar-refractivity contribution in [3.05, 3.63) is 83.7 Å². The molecular formula is C37H45FN4O4. The van der Waals surface area contributed by atoms with Crippen LogP contribution < -0.4 is 9.64 Å². The number of carbonyl (C=O) groups is 1. The second-order valence-corrected chi connectivity index (χ2v) is 14.0. The number of benzene rings is 2. The average molecular weight is 629 g/mol. The Morgan fingerprint density at radius 3 is 2.28 bits per heavy atom. The molecule has 1 aliphatic heterocycles. The molecule has 1 N–H and O–H groups in total. The highest BCUT2D eigenvalue weighted by Gasteiger charge is 2.37. The van der Waals surface area contributed by atoms with Crippen molar-refractivity contribution in [2.24, 2.45) is 12.5 Å². The monoisotopic (exact) mass is 628 g/mol. The van der Waals surface area contributed by atoms with Gasteiger partial charge in [-0.1, -0.05) is 38.1 Å². The van der Waals surface area contributed by atoms with E-state index in [1.807, 2.05) is 69.8 Å². The minimum atomic E-state index is -1.22. The molecule has 0 spiro atoms. The van der Waals surface area contributed by atoms with Crippen molar-refractivity contribution >= 4 is 11.7 Å². The number of rotatable bonds is 10. The maximum Gasteiger partial charge on any atom is 0.337 e. The minimum Gasteiger partial charge on any atom is -0.493 e. The van der Waals surface area contributed by atoms with E-state index >= 15 is 0 Å². The lowest BCUT2D eigenvalue weighted by Crippen LogP contribution is -2.39. The number of piperidine rings is 1. The quantitative estimate of drug-likeness (QED) is 0.192. The topological polar surface area (TPSA) is 89.7 Å². The predicted molar refractivity (Wildman–Crippen MR) is 179 cm³/mol. The highest BCUT2D eigenvalue weighted by atomic mass is 19.1. The van der Waals surface area contributed by atoms with Crippen LogP contribution in [-0.2, 0) is 23.0 Å². The molecule has 3 heterocycles. The number of nitrogens with zero attached hydrogens (tertiary/aromatic N) is 4. The Kier molecular flexibility index (Phi) is 9.54. The number of hydrogen-bond donors (Lipinski definition) is 1. The second-order valence-electron chi connectivity index (χ2n) is 14.0. The van der Waals surface area contributed by atoms with Gasteiger partial charge in [0.15, 0.2) is 6.10 Å². The molecule has 0 bridgehead atoms. The molecule has 1 fully saturated rings. The molecule has 244 valence electrons. The van der Waals surface area contributed by atoms with Crippen LogP contribution in [0.4, 0.5) is 10.1 Å². The molecule has 1 saturated heterocycles. The molecular weight excluding hydrogens is 583 g/mol. The molecule has 9 heteroatoms. The third-order valence-electron chi connectivity index (χ3n) is 8.45. The van der Waals surface area contributed by atoms with E-state index in [4.69, 9.17) is 14.5 Å². The number of hydrogen-bond acceptors (Lipinski definition) is 6. The summed E-state index contributed by atoms with van der Waals surface area (Å²) >= 11 is 0. The van der Waals surface area contributed by atoms with Crippen LogP contribution in [0.15, 0.2) is 61.1 Å². The van der Waals surface area contributed by atoms with Crippen LogP contribution in [0.1, 0.15) is 70.4 Å².